The lowest BCUT2D eigenvalue weighted by atomic mass is 10.0. The Labute approximate surface area is 167 Å². The minimum Gasteiger partial charge on any atom is -0.348 e. The minimum atomic E-state index is -0.00127. The number of thioether (sulfide) groups is 1. The molecule has 0 bridgehead atoms. The van der Waals surface area contributed by atoms with E-state index in [2.05, 4.69) is 34.5 Å². The number of amides is 1. The molecule has 0 spiro atoms. The lowest BCUT2D eigenvalue weighted by Crippen LogP contribution is -2.45. The van der Waals surface area contributed by atoms with E-state index in [0.717, 1.165) is 36.6 Å². The van der Waals surface area contributed by atoms with Crippen molar-refractivity contribution in [1.29, 1.82) is 0 Å². The number of thiazole rings is 1. The summed E-state index contributed by atoms with van der Waals surface area (Å²) in [5.41, 5.74) is 1.58. The summed E-state index contributed by atoms with van der Waals surface area (Å²) < 4.78 is 2.90. The molecular formula is C19H23N5OS2. The van der Waals surface area contributed by atoms with Crippen LogP contribution < -0.4 is 4.90 Å². The first-order chi connectivity index (χ1) is 13.0. The van der Waals surface area contributed by atoms with Crippen LogP contribution in [-0.2, 0) is 7.05 Å². The van der Waals surface area contributed by atoms with Crippen LogP contribution >= 0.6 is 23.1 Å². The second-order valence-corrected chi connectivity index (χ2v) is 8.73. The van der Waals surface area contributed by atoms with Gasteiger partial charge in [0.05, 0.1) is 10.2 Å². The van der Waals surface area contributed by atoms with Gasteiger partial charge in [0.15, 0.2) is 5.13 Å². The molecule has 3 aromatic rings. The summed E-state index contributed by atoms with van der Waals surface area (Å²) in [6.07, 6.45) is 5.79. The van der Waals surface area contributed by atoms with Gasteiger partial charge in [-0.3, -0.25) is 9.48 Å². The van der Waals surface area contributed by atoms with Crippen molar-refractivity contribution >= 4 is 44.4 Å². The lowest BCUT2D eigenvalue weighted by Gasteiger charge is -2.36. The van der Waals surface area contributed by atoms with E-state index in [-0.39, 0.29) is 11.9 Å². The Bertz CT molecular complexity index is 958. The number of aromatic nitrogens is 3. The maximum atomic E-state index is 12.6. The number of piperidine rings is 1. The molecule has 3 heterocycles. The van der Waals surface area contributed by atoms with Gasteiger partial charge in [-0.2, -0.15) is 5.10 Å². The van der Waals surface area contributed by atoms with Gasteiger partial charge in [0, 0.05) is 44.3 Å². The van der Waals surface area contributed by atoms with Gasteiger partial charge in [-0.1, -0.05) is 11.3 Å². The number of benzene rings is 1. The van der Waals surface area contributed by atoms with Gasteiger partial charge in [0.1, 0.15) is 5.69 Å². The van der Waals surface area contributed by atoms with Crippen molar-refractivity contribution in [1.82, 2.24) is 19.7 Å². The molecule has 1 aliphatic rings. The van der Waals surface area contributed by atoms with Gasteiger partial charge >= 0.3 is 0 Å². The Morgan fingerprint density at radius 1 is 1.30 bits per heavy atom. The van der Waals surface area contributed by atoms with E-state index in [1.54, 1.807) is 40.0 Å². The van der Waals surface area contributed by atoms with Crippen molar-refractivity contribution in [2.24, 2.45) is 7.05 Å². The number of carbonyl (C=O) groups is 1. The number of nitrogens with zero attached hydrogens (tertiary/aromatic N) is 5. The first-order valence-corrected chi connectivity index (χ1v) is 11.1. The van der Waals surface area contributed by atoms with Crippen LogP contribution in [0.4, 0.5) is 5.13 Å². The van der Waals surface area contributed by atoms with Gasteiger partial charge in [0.2, 0.25) is 0 Å². The van der Waals surface area contributed by atoms with E-state index in [0.29, 0.717) is 5.69 Å². The first-order valence-electron chi connectivity index (χ1n) is 9.01. The third kappa shape index (κ3) is 3.68. The number of hydrogen-bond acceptors (Lipinski definition) is 6. The average molecular weight is 402 g/mol. The fourth-order valence-electron chi connectivity index (χ4n) is 3.48. The minimum absolute atomic E-state index is 0.00127. The van der Waals surface area contributed by atoms with Crippen molar-refractivity contribution in [3.8, 4) is 0 Å². The molecule has 27 heavy (non-hydrogen) atoms. The molecule has 1 saturated heterocycles. The molecule has 142 valence electrons. The lowest BCUT2D eigenvalue weighted by molar-refractivity contribution is 0.0702. The number of rotatable bonds is 4. The van der Waals surface area contributed by atoms with Crippen molar-refractivity contribution in [3.05, 3.63) is 36.2 Å². The van der Waals surface area contributed by atoms with E-state index in [1.165, 1.54) is 9.60 Å². The maximum absolute atomic E-state index is 12.6. The molecule has 4 rings (SSSR count). The molecule has 8 heteroatoms. The van der Waals surface area contributed by atoms with Crippen molar-refractivity contribution in [3.63, 3.8) is 0 Å². The first kappa shape index (κ1) is 18.3. The molecular weight excluding hydrogens is 378 g/mol. The van der Waals surface area contributed by atoms with E-state index < -0.39 is 0 Å². The zero-order valence-electron chi connectivity index (χ0n) is 15.8. The molecule has 1 aromatic carbocycles. The van der Waals surface area contributed by atoms with Crippen molar-refractivity contribution < 1.29 is 4.79 Å². The molecule has 2 aromatic heterocycles. The third-order valence-corrected chi connectivity index (χ3v) is 6.92. The molecule has 0 saturated carbocycles. The van der Waals surface area contributed by atoms with Crippen LogP contribution in [0.1, 0.15) is 23.3 Å². The van der Waals surface area contributed by atoms with Crippen LogP contribution in [0.15, 0.2) is 35.4 Å². The third-order valence-electron chi connectivity index (χ3n) is 5.12. The van der Waals surface area contributed by atoms with E-state index >= 15 is 0 Å². The van der Waals surface area contributed by atoms with Crippen molar-refractivity contribution in [2.75, 3.05) is 31.3 Å². The topological polar surface area (TPSA) is 54.3 Å². The van der Waals surface area contributed by atoms with Gasteiger partial charge in [-0.05, 0) is 43.4 Å². The summed E-state index contributed by atoms with van der Waals surface area (Å²) in [4.78, 5) is 22.9. The zero-order valence-corrected chi connectivity index (χ0v) is 17.4. The Kier molecular flexibility index (Phi) is 5.10. The molecule has 0 N–H and O–H groups in total. The normalized spacial score (nSPS) is 15.4. The fraction of sp³-hybridized carbons (Fsp3) is 0.421. The molecule has 0 atom stereocenters. The Hall–Kier alpha value is -2.06. The van der Waals surface area contributed by atoms with Crippen LogP contribution in [0.2, 0.25) is 0 Å². The highest BCUT2D eigenvalue weighted by atomic mass is 32.2. The molecule has 1 amide bonds. The van der Waals surface area contributed by atoms with Crippen LogP contribution in [0, 0.1) is 0 Å². The molecule has 6 nitrogen and oxygen atoms in total. The molecule has 1 fully saturated rings. The van der Waals surface area contributed by atoms with Crippen LogP contribution in [0.25, 0.3) is 10.2 Å². The summed E-state index contributed by atoms with van der Waals surface area (Å²) in [5, 5.41) is 5.32. The smallest absolute Gasteiger partial charge is 0.274 e. The average Bonchev–Trinajstić information content (AvgIpc) is 3.32. The second-order valence-electron chi connectivity index (χ2n) is 6.84. The van der Waals surface area contributed by atoms with E-state index in [4.69, 9.17) is 4.98 Å². The van der Waals surface area contributed by atoms with E-state index in [9.17, 15) is 4.79 Å². The van der Waals surface area contributed by atoms with Gasteiger partial charge < -0.3 is 9.80 Å². The summed E-state index contributed by atoms with van der Waals surface area (Å²) in [7, 11) is 3.72. The second kappa shape index (κ2) is 7.52. The molecule has 0 unspecified atom stereocenters. The quantitative estimate of drug-likeness (QED) is 0.627. The largest absolute Gasteiger partial charge is 0.348 e. The summed E-state index contributed by atoms with van der Waals surface area (Å²) >= 11 is 3.51. The van der Waals surface area contributed by atoms with Crippen LogP contribution in [0.5, 0.6) is 0 Å². The highest BCUT2D eigenvalue weighted by molar-refractivity contribution is 7.98. The maximum Gasteiger partial charge on any atom is 0.274 e. The number of aryl methyl sites for hydroxylation is 1. The highest BCUT2D eigenvalue weighted by Gasteiger charge is 2.28. The molecule has 1 aliphatic heterocycles. The van der Waals surface area contributed by atoms with Crippen molar-refractivity contribution in [2.45, 2.75) is 23.8 Å². The monoisotopic (exact) mass is 401 g/mol. The fourth-order valence-corrected chi connectivity index (χ4v) is 5.05. The number of anilines is 1. The molecule has 0 aliphatic carbocycles. The summed E-state index contributed by atoms with van der Waals surface area (Å²) in [6, 6.07) is 8.47. The number of fused-ring (bicyclic) bond motifs is 1. The van der Waals surface area contributed by atoms with Gasteiger partial charge in [-0.25, -0.2) is 4.98 Å². The summed E-state index contributed by atoms with van der Waals surface area (Å²) in [6.45, 7) is 1.83. The van der Waals surface area contributed by atoms with Gasteiger partial charge in [0.25, 0.3) is 5.91 Å². The predicted octanol–water partition coefficient (Wildman–Crippen LogP) is 3.49. The predicted molar refractivity (Wildman–Crippen MR) is 112 cm³/mol. The number of hydrogen-bond donors (Lipinski definition) is 0. The Morgan fingerprint density at radius 3 is 2.74 bits per heavy atom. The number of carbonyl (C=O) groups excluding carboxylic acids is 1. The Morgan fingerprint density at radius 2 is 2.07 bits per heavy atom. The molecule has 0 radical (unpaired) electrons. The SMILES string of the molecule is CSc1ccc2nc(N3CCC(N(C)C(=O)c4ccn(C)n4)CC3)sc2c1. The standard InChI is InChI=1S/C19H23N5OS2/c1-22-9-8-16(21-22)18(25)23(2)13-6-10-24(11-7-13)19-20-15-5-4-14(26-3)12-17(15)27-19/h4-5,8-9,12-13H,6-7,10-11H2,1-3H3. The van der Waals surface area contributed by atoms with E-state index in [1.807, 2.05) is 19.0 Å². The van der Waals surface area contributed by atoms with Crippen LogP contribution in [-0.4, -0.2) is 58.0 Å². The van der Waals surface area contributed by atoms with Crippen LogP contribution in [0.3, 0.4) is 0 Å². The van der Waals surface area contributed by atoms with Gasteiger partial charge in [-0.15, -0.1) is 11.8 Å². The zero-order chi connectivity index (χ0) is 19.0. The highest BCUT2D eigenvalue weighted by Crippen LogP contribution is 2.33. The Balaban J connectivity index is 1.42. The summed E-state index contributed by atoms with van der Waals surface area (Å²) in [5.74, 6) is -0.00127.